The standard InChI is InChI=1S/C19H27ClN2O3/c1-13-5-6-15(20)12-16(13)21-17(23)11-14-7-9-22(10-8-14)18(24)25-19(2,3)4/h5-6,12,14H,7-11H2,1-4H3,(H,21,23). The smallest absolute Gasteiger partial charge is 0.410 e. The van der Waals surface area contributed by atoms with Gasteiger partial charge in [-0.25, -0.2) is 4.79 Å². The predicted octanol–water partition coefficient (Wildman–Crippen LogP) is 4.62. The van der Waals surface area contributed by atoms with Crippen LogP contribution < -0.4 is 5.32 Å². The molecule has 1 fully saturated rings. The molecule has 0 atom stereocenters. The second-order valence-corrected chi connectivity index (χ2v) is 8.06. The number of ether oxygens (including phenoxy) is 1. The summed E-state index contributed by atoms with van der Waals surface area (Å²) in [6.07, 6.45) is 1.79. The monoisotopic (exact) mass is 366 g/mol. The lowest BCUT2D eigenvalue weighted by atomic mass is 9.93. The first kappa shape index (κ1) is 19.6. The number of nitrogens with zero attached hydrogens (tertiary/aromatic N) is 1. The molecule has 0 aromatic heterocycles. The van der Waals surface area contributed by atoms with Gasteiger partial charge in [0.2, 0.25) is 5.91 Å². The Labute approximate surface area is 154 Å². The van der Waals surface area contributed by atoms with Crippen molar-refractivity contribution in [3.63, 3.8) is 0 Å². The van der Waals surface area contributed by atoms with Crippen LogP contribution in [0.25, 0.3) is 0 Å². The zero-order chi connectivity index (χ0) is 18.6. The molecule has 1 saturated heterocycles. The van der Waals surface area contributed by atoms with Gasteiger partial charge in [0.25, 0.3) is 0 Å². The van der Waals surface area contributed by atoms with Gasteiger partial charge in [-0.3, -0.25) is 4.79 Å². The van der Waals surface area contributed by atoms with Crippen LogP contribution in [0, 0.1) is 12.8 Å². The number of benzene rings is 1. The van der Waals surface area contributed by atoms with Gasteiger partial charge in [-0.15, -0.1) is 0 Å². The Bertz CT molecular complexity index is 632. The van der Waals surface area contributed by atoms with Crippen molar-refractivity contribution in [2.75, 3.05) is 18.4 Å². The molecule has 1 aliphatic rings. The maximum Gasteiger partial charge on any atom is 0.410 e. The van der Waals surface area contributed by atoms with Crippen LogP contribution >= 0.6 is 11.6 Å². The summed E-state index contributed by atoms with van der Waals surface area (Å²) in [5, 5.41) is 3.54. The van der Waals surface area contributed by atoms with E-state index < -0.39 is 5.60 Å². The third-order valence-corrected chi connectivity index (χ3v) is 4.45. The van der Waals surface area contributed by atoms with Crippen LogP contribution in [0.4, 0.5) is 10.5 Å². The maximum atomic E-state index is 12.3. The van der Waals surface area contributed by atoms with E-state index in [4.69, 9.17) is 16.3 Å². The summed E-state index contributed by atoms with van der Waals surface area (Å²) >= 11 is 5.98. The van der Waals surface area contributed by atoms with Crippen LogP contribution in [0.5, 0.6) is 0 Å². The lowest BCUT2D eigenvalue weighted by molar-refractivity contribution is -0.117. The SMILES string of the molecule is Cc1ccc(Cl)cc1NC(=O)CC1CCN(C(=O)OC(C)(C)C)CC1. The van der Waals surface area contributed by atoms with Crippen LogP contribution in [0.3, 0.4) is 0 Å². The van der Waals surface area contributed by atoms with E-state index >= 15 is 0 Å². The first-order valence-electron chi connectivity index (χ1n) is 8.68. The third-order valence-electron chi connectivity index (χ3n) is 4.21. The second kappa shape index (κ2) is 8.09. The van der Waals surface area contributed by atoms with Crippen LogP contribution in [-0.2, 0) is 9.53 Å². The van der Waals surface area contributed by atoms with Gasteiger partial charge in [0.15, 0.2) is 0 Å². The number of carbonyl (C=O) groups excluding carboxylic acids is 2. The molecule has 6 heteroatoms. The third kappa shape index (κ3) is 6.24. The molecule has 25 heavy (non-hydrogen) atoms. The molecule has 1 aromatic rings. The zero-order valence-corrected chi connectivity index (χ0v) is 16.2. The number of anilines is 1. The van der Waals surface area contributed by atoms with Gasteiger partial charge < -0.3 is 15.0 Å². The van der Waals surface area contributed by atoms with Crippen LogP contribution in [0.15, 0.2) is 18.2 Å². The van der Waals surface area contributed by atoms with Gasteiger partial charge in [-0.1, -0.05) is 17.7 Å². The molecule has 0 saturated carbocycles. The number of hydrogen-bond acceptors (Lipinski definition) is 3. The van der Waals surface area contributed by atoms with Crippen molar-refractivity contribution < 1.29 is 14.3 Å². The highest BCUT2D eigenvalue weighted by Gasteiger charge is 2.27. The number of piperidine rings is 1. The number of likely N-dealkylation sites (tertiary alicyclic amines) is 1. The maximum absolute atomic E-state index is 12.3. The van der Waals surface area contributed by atoms with Gasteiger partial charge in [0.1, 0.15) is 5.60 Å². The summed E-state index contributed by atoms with van der Waals surface area (Å²) in [7, 11) is 0. The lowest BCUT2D eigenvalue weighted by Crippen LogP contribution is -2.42. The van der Waals surface area contributed by atoms with Gasteiger partial charge >= 0.3 is 6.09 Å². The Kier molecular flexibility index (Phi) is 6.33. The fraction of sp³-hybridized carbons (Fsp3) is 0.579. The number of amides is 2. The second-order valence-electron chi connectivity index (χ2n) is 7.62. The van der Waals surface area contributed by atoms with E-state index in [1.165, 1.54) is 0 Å². The summed E-state index contributed by atoms with van der Waals surface area (Å²) in [5.74, 6) is 0.263. The van der Waals surface area contributed by atoms with Crippen molar-refractivity contribution in [1.82, 2.24) is 4.90 Å². The Morgan fingerprint density at radius 2 is 1.92 bits per heavy atom. The molecule has 0 bridgehead atoms. The van der Waals surface area contributed by atoms with Crippen molar-refractivity contribution >= 4 is 29.3 Å². The number of hydrogen-bond donors (Lipinski definition) is 1. The predicted molar refractivity (Wildman–Crippen MR) is 100.0 cm³/mol. The van der Waals surface area contributed by atoms with Crippen molar-refractivity contribution in [1.29, 1.82) is 0 Å². The number of halogens is 1. The van der Waals surface area contributed by atoms with Gasteiger partial charge in [-0.05, 0) is 64.2 Å². The average Bonchev–Trinajstić information content (AvgIpc) is 2.50. The van der Waals surface area contributed by atoms with Crippen LogP contribution in [0.2, 0.25) is 5.02 Å². The topological polar surface area (TPSA) is 58.6 Å². The van der Waals surface area contributed by atoms with E-state index in [9.17, 15) is 9.59 Å². The fourth-order valence-corrected chi connectivity index (χ4v) is 3.01. The molecular weight excluding hydrogens is 340 g/mol. The first-order chi connectivity index (χ1) is 11.6. The van der Waals surface area contributed by atoms with E-state index in [0.29, 0.717) is 24.5 Å². The first-order valence-corrected chi connectivity index (χ1v) is 9.06. The quantitative estimate of drug-likeness (QED) is 0.848. The molecule has 0 aliphatic carbocycles. The van der Waals surface area contributed by atoms with Crippen LogP contribution in [-0.4, -0.2) is 35.6 Å². The van der Waals surface area contributed by atoms with E-state index in [0.717, 1.165) is 24.1 Å². The Hall–Kier alpha value is -1.75. The molecular formula is C19H27ClN2O3. The Balaban J connectivity index is 1.80. The van der Waals surface area contributed by atoms with Gasteiger partial charge in [0, 0.05) is 30.2 Å². The summed E-state index contributed by atoms with van der Waals surface area (Å²) in [6, 6.07) is 5.45. The highest BCUT2D eigenvalue weighted by Crippen LogP contribution is 2.24. The molecule has 5 nitrogen and oxygen atoms in total. The highest BCUT2D eigenvalue weighted by atomic mass is 35.5. The molecule has 0 spiro atoms. The van der Waals surface area contributed by atoms with E-state index in [1.807, 2.05) is 33.8 Å². The van der Waals surface area contributed by atoms with E-state index in [2.05, 4.69) is 5.32 Å². The minimum atomic E-state index is -0.483. The molecule has 2 rings (SSSR count). The Morgan fingerprint density at radius 3 is 2.52 bits per heavy atom. The van der Waals surface area contributed by atoms with Crippen LogP contribution in [0.1, 0.15) is 45.6 Å². The summed E-state index contributed by atoms with van der Waals surface area (Å²) in [4.78, 5) is 26.1. The highest BCUT2D eigenvalue weighted by molar-refractivity contribution is 6.31. The van der Waals surface area contributed by atoms with Crippen molar-refractivity contribution in [2.45, 2.75) is 52.6 Å². The molecule has 138 valence electrons. The molecule has 1 heterocycles. The van der Waals surface area contributed by atoms with Gasteiger partial charge in [-0.2, -0.15) is 0 Å². The number of aryl methyl sites for hydroxylation is 1. The van der Waals surface area contributed by atoms with Crippen molar-refractivity contribution in [2.24, 2.45) is 5.92 Å². The largest absolute Gasteiger partial charge is 0.444 e. The number of carbonyl (C=O) groups is 2. The van der Waals surface area contributed by atoms with Crippen molar-refractivity contribution in [3.8, 4) is 0 Å². The molecule has 1 aromatic carbocycles. The summed E-state index contributed by atoms with van der Waals surface area (Å²) < 4.78 is 5.39. The molecule has 2 amide bonds. The van der Waals surface area contributed by atoms with Gasteiger partial charge in [0.05, 0.1) is 0 Å². The van der Waals surface area contributed by atoms with Crippen molar-refractivity contribution in [3.05, 3.63) is 28.8 Å². The molecule has 1 aliphatic heterocycles. The molecule has 0 radical (unpaired) electrons. The number of nitrogens with one attached hydrogen (secondary N) is 1. The molecule has 1 N–H and O–H groups in total. The molecule has 0 unspecified atom stereocenters. The fourth-order valence-electron chi connectivity index (χ4n) is 2.84. The average molecular weight is 367 g/mol. The summed E-state index contributed by atoms with van der Waals surface area (Å²) in [5.41, 5.74) is 1.25. The zero-order valence-electron chi connectivity index (χ0n) is 15.4. The summed E-state index contributed by atoms with van der Waals surface area (Å²) in [6.45, 7) is 8.77. The minimum absolute atomic E-state index is 0.0129. The van der Waals surface area contributed by atoms with E-state index in [-0.39, 0.29) is 17.9 Å². The lowest BCUT2D eigenvalue weighted by Gasteiger charge is -2.33. The normalized spacial score (nSPS) is 15.8. The Morgan fingerprint density at radius 1 is 1.28 bits per heavy atom. The minimum Gasteiger partial charge on any atom is -0.444 e. The number of rotatable bonds is 3. The van der Waals surface area contributed by atoms with E-state index in [1.54, 1.807) is 17.0 Å².